The van der Waals surface area contributed by atoms with Crippen LogP contribution in [0.3, 0.4) is 0 Å². The van der Waals surface area contributed by atoms with Crippen molar-refractivity contribution in [2.24, 2.45) is 0 Å². The van der Waals surface area contributed by atoms with Crippen molar-refractivity contribution in [1.82, 2.24) is 13.9 Å². The van der Waals surface area contributed by atoms with Gasteiger partial charge < -0.3 is 0 Å². The van der Waals surface area contributed by atoms with E-state index < -0.39 is 16.1 Å². The predicted octanol–water partition coefficient (Wildman–Crippen LogP) is 5.51. The molecule has 0 spiro atoms. The van der Waals surface area contributed by atoms with Crippen LogP contribution >= 0.6 is 11.6 Å². The standard InChI is InChI=1S/C26H26ClN3O3S/c1-4-16-29(34(32,33)22-8-6-5-7-9-22)19(3)25-28-24-17-20(27)12-15-23(24)26(31)30(25)21-13-10-18(2)11-14-21/h5-15,17,19H,4,16H2,1-3H3. The lowest BCUT2D eigenvalue weighted by molar-refractivity contribution is 0.327. The molecule has 4 rings (SSSR count). The number of nitrogens with zero attached hydrogens (tertiary/aromatic N) is 3. The van der Waals surface area contributed by atoms with Gasteiger partial charge in [0.2, 0.25) is 10.0 Å². The first-order chi connectivity index (χ1) is 16.2. The van der Waals surface area contributed by atoms with Gasteiger partial charge in [-0.15, -0.1) is 0 Å². The molecule has 0 N–H and O–H groups in total. The zero-order valence-corrected chi connectivity index (χ0v) is 20.8. The number of fused-ring (bicyclic) bond motifs is 1. The van der Waals surface area contributed by atoms with E-state index in [-0.39, 0.29) is 17.0 Å². The van der Waals surface area contributed by atoms with E-state index in [9.17, 15) is 13.2 Å². The summed E-state index contributed by atoms with van der Waals surface area (Å²) < 4.78 is 30.2. The monoisotopic (exact) mass is 495 g/mol. The Morgan fingerprint density at radius 1 is 1.03 bits per heavy atom. The van der Waals surface area contributed by atoms with Crippen LogP contribution in [0.1, 0.15) is 37.7 Å². The van der Waals surface area contributed by atoms with Crippen LogP contribution in [0.4, 0.5) is 0 Å². The van der Waals surface area contributed by atoms with Crippen molar-refractivity contribution in [1.29, 1.82) is 0 Å². The van der Waals surface area contributed by atoms with E-state index >= 15 is 0 Å². The second-order valence-electron chi connectivity index (χ2n) is 8.21. The molecule has 3 aromatic carbocycles. The molecule has 176 valence electrons. The molecule has 4 aromatic rings. The van der Waals surface area contributed by atoms with Crippen molar-refractivity contribution in [3.05, 3.63) is 99.6 Å². The number of rotatable bonds is 7. The van der Waals surface area contributed by atoms with Crippen molar-refractivity contribution < 1.29 is 8.42 Å². The Morgan fingerprint density at radius 2 is 1.71 bits per heavy atom. The van der Waals surface area contributed by atoms with Crippen molar-refractivity contribution in [3.8, 4) is 5.69 Å². The third-order valence-corrected chi connectivity index (χ3v) is 7.97. The molecule has 0 radical (unpaired) electrons. The average molecular weight is 496 g/mol. The maximum Gasteiger partial charge on any atom is 0.266 e. The summed E-state index contributed by atoms with van der Waals surface area (Å²) in [6.45, 7) is 5.92. The number of halogens is 1. The molecule has 34 heavy (non-hydrogen) atoms. The molecule has 0 aliphatic heterocycles. The third-order valence-electron chi connectivity index (χ3n) is 5.75. The van der Waals surface area contributed by atoms with Crippen LogP contribution in [0.2, 0.25) is 5.02 Å². The maximum absolute atomic E-state index is 13.7. The van der Waals surface area contributed by atoms with Crippen LogP contribution < -0.4 is 5.56 Å². The van der Waals surface area contributed by atoms with Gasteiger partial charge in [-0.05, 0) is 62.7 Å². The number of aromatic nitrogens is 2. The summed E-state index contributed by atoms with van der Waals surface area (Å²) >= 11 is 6.19. The second-order valence-corrected chi connectivity index (χ2v) is 10.5. The minimum Gasteiger partial charge on any atom is -0.268 e. The van der Waals surface area contributed by atoms with Crippen LogP contribution in [-0.2, 0) is 10.0 Å². The van der Waals surface area contributed by atoms with E-state index in [1.165, 1.54) is 8.87 Å². The first-order valence-electron chi connectivity index (χ1n) is 11.1. The van der Waals surface area contributed by atoms with Crippen LogP contribution in [0, 0.1) is 6.92 Å². The van der Waals surface area contributed by atoms with Crippen molar-refractivity contribution in [2.75, 3.05) is 6.54 Å². The Balaban J connectivity index is 1.98. The smallest absolute Gasteiger partial charge is 0.266 e. The van der Waals surface area contributed by atoms with Crippen LogP contribution in [0.15, 0.2) is 82.5 Å². The molecule has 0 aliphatic rings. The highest BCUT2D eigenvalue weighted by atomic mass is 35.5. The SMILES string of the molecule is CCCN(C(C)c1nc2cc(Cl)ccc2c(=O)n1-c1ccc(C)cc1)S(=O)(=O)c1ccccc1. The highest BCUT2D eigenvalue weighted by Gasteiger charge is 2.32. The topological polar surface area (TPSA) is 72.3 Å². The molecule has 8 heteroatoms. The second kappa shape index (κ2) is 9.70. The minimum atomic E-state index is -3.84. The Bertz CT molecular complexity index is 1480. The zero-order chi connectivity index (χ0) is 24.5. The first kappa shape index (κ1) is 24.1. The zero-order valence-electron chi connectivity index (χ0n) is 19.3. The fourth-order valence-corrected chi connectivity index (χ4v) is 5.87. The van der Waals surface area contributed by atoms with Crippen molar-refractivity contribution in [2.45, 2.75) is 38.1 Å². The Hall–Kier alpha value is -3.00. The van der Waals surface area contributed by atoms with Gasteiger partial charge in [-0.3, -0.25) is 9.36 Å². The van der Waals surface area contributed by atoms with E-state index in [1.807, 2.05) is 38.1 Å². The molecular weight excluding hydrogens is 470 g/mol. The molecule has 0 aliphatic carbocycles. The van der Waals surface area contributed by atoms with Gasteiger partial charge >= 0.3 is 0 Å². The Morgan fingerprint density at radius 3 is 2.35 bits per heavy atom. The first-order valence-corrected chi connectivity index (χ1v) is 12.9. The molecule has 0 saturated carbocycles. The Labute approximate surface area is 204 Å². The van der Waals surface area contributed by atoms with Crippen molar-refractivity contribution in [3.63, 3.8) is 0 Å². The molecule has 1 unspecified atom stereocenters. The third kappa shape index (κ3) is 4.51. The fraction of sp³-hybridized carbons (Fsp3) is 0.231. The quantitative estimate of drug-likeness (QED) is 0.339. The van der Waals surface area contributed by atoms with E-state index in [4.69, 9.17) is 16.6 Å². The normalized spacial score (nSPS) is 12.9. The van der Waals surface area contributed by atoms with Crippen LogP contribution in [-0.4, -0.2) is 28.8 Å². The summed E-state index contributed by atoms with van der Waals surface area (Å²) in [5.74, 6) is 0.330. The number of aryl methyl sites for hydroxylation is 1. The van der Waals surface area contributed by atoms with E-state index in [0.29, 0.717) is 33.9 Å². The molecule has 1 atom stereocenters. The summed E-state index contributed by atoms with van der Waals surface area (Å²) in [6.07, 6.45) is 0.602. The van der Waals surface area contributed by atoms with E-state index in [2.05, 4.69) is 0 Å². The minimum absolute atomic E-state index is 0.198. The highest BCUT2D eigenvalue weighted by Crippen LogP contribution is 2.29. The van der Waals surface area contributed by atoms with Gasteiger partial charge in [-0.25, -0.2) is 13.4 Å². The molecule has 1 aromatic heterocycles. The van der Waals surface area contributed by atoms with Gasteiger partial charge in [-0.2, -0.15) is 4.31 Å². The average Bonchev–Trinajstić information content (AvgIpc) is 2.83. The van der Waals surface area contributed by atoms with E-state index in [1.54, 1.807) is 55.5 Å². The lowest BCUT2D eigenvalue weighted by Crippen LogP contribution is -2.38. The highest BCUT2D eigenvalue weighted by molar-refractivity contribution is 7.89. The number of hydrogen-bond acceptors (Lipinski definition) is 4. The van der Waals surface area contributed by atoms with E-state index in [0.717, 1.165) is 5.56 Å². The summed E-state index contributed by atoms with van der Waals surface area (Å²) in [6, 6.07) is 20.0. The van der Waals surface area contributed by atoms with Gasteiger partial charge in [0.25, 0.3) is 5.56 Å². The predicted molar refractivity (Wildman–Crippen MR) is 136 cm³/mol. The maximum atomic E-state index is 13.7. The van der Waals surface area contributed by atoms with Gasteiger partial charge in [0, 0.05) is 11.6 Å². The van der Waals surface area contributed by atoms with Gasteiger partial charge in [0.15, 0.2) is 0 Å². The lowest BCUT2D eigenvalue weighted by Gasteiger charge is -2.29. The molecule has 1 heterocycles. The lowest BCUT2D eigenvalue weighted by atomic mass is 10.2. The largest absolute Gasteiger partial charge is 0.268 e. The van der Waals surface area contributed by atoms with Crippen LogP contribution in [0.5, 0.6) is 0 Å². The fourth-order valence-electron chi connectivity index (χ4n) is 4.00. The van der Waals surface area contributed by atoms with Gasteiger partial charge in [0.05, 0.1) is 27.5 Å². The molecular formula is C26H26ClN3O3S. The van der Waals surface area contributed by atoms with Gasteiger partial charge in [-0.1, -0.05) is 54.4 Å². The summed E-state index contributed by atoms with van der Waals surface area (Å²) in [4.78, 5) is 18.6. The molecule has 6 nitrogen and oxygen atoms in total. The molecule has 0 saturated heterocycles. The van der Waals surface area contributed by atoms with Crippen molar-refractivity contribution >= 4 is 32.5 Å². The van der Waals surface area contributed by atoms with Gasteiger partial charge in [0.1, 0.15) is 5.82 Å². The molecule has 0 fully saturated rings. The summed E-state index contributed by atoms with van der Waals surface area (Å²) in [5, 5.41) is 0.863. The summed E-state index contributed by atoms with van der Waals surface area (Å²) in [5.41, 5.74) is 1.82. The summed E-state index contributed by atoms with van der Waals surface area (Å²) in [7, 11) is -3.84. The number of sulfonamides is 1. The Kier molecular flexibility index (Phi) is 6.89. The molecule has 0 amide bonds. The number of hydrogen-bond donors (Lipinski definition) is 0. The molecule has 0 bridgehead atoms. The van der Waals surface area contributed by atoms with Crippen LogP contribution in [0.25, 0.3) is 16.6 Å². The number of benzene rings is 3.